The number of aromatic nitrogens is 6. The Bertz CT molecular complexity index is 1830. The minimum atomic E-state index is -0.454. The summed E-state index contributed by atoms with van der Waals surface area (Å²) in [5, 5.41) is 8.01. The molecule has 13 heteroatoms. The fourth-order valence-corrected chi connectivity index (χ4v) is 6.99. The lowest BCUT2D eigenvalue weighted by atomic mass is 10.0. The van der Waals surface area contributed by atoms with Crippen LogP contribution in [0.25, 0.3) is 22.3 Å². The highest BCUT2D eigenvalue weighted by Gasteiger charge is 2.36. The number of nitrogens with one attached hydrogen (secondary N) is 1. The molecule has 2 fully saturated rings. The van der Waals surface area contributed by atoms with Crippen molar-refractivity contribution in [3.63, 3.8) is 0 Å². The summed E-state index contributed by atoms with van der Waals surface area (Å²) in [6.07, 6.45) is 18.2. The normalized spacial score (nSPS) is 15.7. The van der Waals surface area contributed by atoms with E-state index in [9.17, 15) is 4.39 Å². The van der Waals surface area contributed by atoms with E-state index >= 15 is 0 Å². The summed E-state index contributed by atoms with van der Waals surface area (Å²) in [6.45, 7) is 8.55. The maximum atomic E-state index is 15.0. The molecule has 5 aromatic rings. The number of hydrazine groups is 1. The summed E-state index contributed by atoms with van der Waals surface area (Å²) in [7, 11) is 0. The van der Waals surface area contributed by atoms with Crippen LogP contribution in [0.3, 0.4) is 0 Å². The van der Waals surface area contributed by atoms with Crippen molar-refractivity contribution in [2.24, 2.45) is 0 Å². The Hall–Kier alpha value is -5.27. The summed E-state index contributed by atoms with van der Waals surface area (Å²) in [5.41, 5.74) is 4.67. The van der Waals surface area contributed by atoms with Crippen LogP contribution in [0, 0.1) is 5.82 Å². The second-order valence-electron chi connectivity index (χ2n) is 13.0. The molecule has 2 aliphatic rings. The maximum absolute atomic E-state index is 15.0. The molecule has 0 radical (unpaired) electrons. The maximum Gasteiger partial charge on any atom is 0.244 e. The van der Waals surface area contributed by atoms with Crippen LogP contribution in [0.2, 0.25) is 0 Å². The number of halogens is 1. The highest BCUT2D eigenvalue weighted by molar-refractivity contribution is 5.62. The zero-order chi connectivity index (χ0) is 35.7. The van der Waals surface area contributed by atoms with Gasteiger partial charge in [0.2, 0.25) is 17.7 Å². The Morgan fingerprint density at radius 3 is 1.62 bits per heavy atom. The fourth-order valence-electron chi connectivity index (χ4n) is 6.99. The second-order valence-corrected chi connectivity index (χ2v) is 13.0. The summed E-state index contributed by atoms with van der Waals surface area (Å²) < 4.78 is 26.2. The quantitative estimate of drug-likeness (QED) is 0.146. The number of hydrogen-bond donors (Lipinski definition) is 1. The van der Waals surface area contributed by atoms with Crippen molar-refractivity contribution in [2.75, 3.05) is 49.4 Å². The first-order valence-corrected chi connectivity index (χ1v) is 18.2. The molecule has 2 aliphatic heterocycles. The highest BCUT2D eigenvalue weighted by Crippen LogP contribution is 2.33. The van der Waals surface area contributed by atoms with Gasteiger partial charge in [-0.3, -0.25) is 14.9 Å². The second kappa shape index (κ2) is 16.8. The molecule has 270 valence electrons. The third kappa shape index (κ3) is 8.11. The Morgan fingerprint density at radius 1 is 0.692 bits per heavy atom. The van der Waals surface area contributed by atoms with Crippen LogP contribution in [0.1, 0.15) is 45.1 Å². The van der Waals surface area contributed by atoms with Crippen molar-refractivity contribution in [1.82, 2.24) is 40.1 Å². The standard InChI is InChI=1S/C39H45FN10O2/c1-3-51-35-19-28(20-36(37(35)40)52-4-2)27-48-17-11-34(12-18-48)50(39-46-25-32(26-47-39)30-8-6-14-43-22-30)49(33-9-15-41-16-10-33)38-44-23-31(24-45-38)29-7-5-13-42-21-29/h5-8,13-14,19-26,33-34,41H,3-4,9-12,15-18,27H2,1-2H3. The molecular formula is C39H45FN10O2. The Labute approximate surface area is 304 Å². The van der Waals surface area contributed by atoms with Gasteiger partial charge in [-0.25, -0.2) is 30.0 Å². The molecule has 0 unspecified atom stereocenters. The van der Waals surface area contributed by atoms with Gasteiger partial charge in [0.25, 0.3) is 0 Å². The number of benzene rings is 1. The molecule has 2 saturated heterocycles. The predicted octanol–water partition coefficient (Wildman–Crippen LogP) is 5.97. The summed E-state index contributed by atoms with van der Waals surface area (Å²) in [4.78, 5) is 30.8. The number of likely N-dealkylation sites (tertiary alicyclic amines) is 1. The van der Waals surface area contributed by atoms with Crippen LogP contribution >= 0.6 is 0 Å². The lowest BCUT2D eigenvalue weighted by Crippen LogP contribution is -2.59. The number of anilines is 2. The third-order valence-electron chi connectivity index (χ3n) is 9.54. The number of ether oxygens (including phenoxy) is 2. The number of hydrogen-bond acceptors (Lipinski definition) is 12. The third-order valence-corrected chi connectivity index (χ3v) is 9.54. The van der Waals surface area contributed by atoms with Gasteiger partial charge in [-0.1, -0.05) is 12.1 Å². The molecule has 0 aliphatic carbocycles. The molecule has 0 bridgehead atoms. The van der Waals surface area contributed by atoms with Crippen molar-refractivity contribution in [1.29, 1.82) is 0 Å². The van der Waals surface area contributed by atoms with E-state index in [-0.39, 0.29) is 23.6 Å². The van der Waals surface area contributed by atoms with Crippen LogP contribution in [-0.2, 0) is 6.54 Å². The molecular weight excluding hydrogens is 659 g/mol. The van der Waals surface area contributed by atoms with Gasteiger partial charge in [0.15, 0.2) is 11.5 Å². The lowest BCUT2D eigenvalue weighted by molar-refractivity contribution is 0.196. The average Bonchev–Trinajstić information content (AvgIpc) is 3.20. The molecule has 4 aromatic heterocycles. The molecule has 52 heavy (non-hydrogen) atoms. The SMILES string of the molecule is CCOc1cc(CN2CCC(N(c3ncc(-c4cccnc4)cn3)N(c3ncc(-c4cccnc4)cn3)C3CCNCC3)CC2)cc(OCC)c1F. The van der Waals surface area contributed by atoms with Gasteiger partial charge in [-0.05, 0) is 82.4 Å². The molecule has 0 atom stereocenters. The van der Waals surface area contributed by atoms with E-state index in [4.69, 9.17) is 29.4 Å². The minimum absolute atomic E-state index is 0.0724. The van der Waals surface area contributed by atoms with Crippen LogP contribution in [0.4, 0.5) is 16.3 Å². The molecule has 0 amide bonds. The van der Waals surface area contributed by atoms with Crippen LogP contribution in [-0.4, -0.2) is 86.3 Å². The summed E-state index contributed by atoms with van der Waals surface area (Å²) >= 11 is 0. The van der Waals surface area contributed by atoms with Gasteiger partial charge < -0.3 is 14.8 Å². The van der Waals surface area contributed by atoms with E-state index < -0.39 is 5.82 Å². The first-order valence-electron chi connectivity index (χ1n) is 18.2. The first kappa shape index (κ1) is 35.1. The predicted molar refractivity (Wildman–Crippen MR) is 198 cm³/mol. The molecule has 0 saturated carbocycles. The Kier molecular flexibility index (Phi) is 11.4. The zero-order valence-electron chi connectivity index (χ0n) is 29.7. The minimum Gasteiger partial charge on any atom is -0.491 e. The van der Waals surface area contributed by atoms with Crippen LogP contribution in [0.5, 0.6) is 11.5 Å². The van der Waals surface area contributed by atoms with Gasteiger partial charge >= 0.3 is 0 Å². The van der Waals surface area contributed by atoms with E-state index in [2.05, 4.69) is 30.2 Å². The van der Waals surface area contributed by atoms with Gasteiger partial charge in [-0.15, -0.1) is 0 Å². The van der Waals surface area contributed by atoms with Crippen LogP contribution < -0.4 is 24.8 Å². The van der Waals surface area contributed by atoms with Crippen molar-refractivity contribution in [3.05, 3.63) is 97.4 Å². The number of pyridine rings is 2. The Morgan fingerprint density at radius 2 is 1.17 bits per heavy atom. The van der Waals surface area contributed by atoms with Crippen molar-refractivity contribution < 1.29 is 13.9 Å². The average molecular weight is 705 g/mol. The monoisotopic (exact) mass is 704 g/mol. The number of piperidine rings is 2. The molecule has 1 aromatic carbocycles. The van der Waals surface area contributed by atoms with Crippen molar-refractivity contribution in [2.45, 2.75) is 58.2 Å². The van der Waals surface area contributed by atoms with Crippen molar-refractivity contribution in [3.8, 4) is 33.8 Å². The zero-order valence-corrected chi connectivity index (χ0v) is 29.7. The lowest BCUT2D eigenvalue weighted by Gasteiger charge is -2.47. The molecule has 6 heterocycles. The van der Waals surface area contributed by atoms with E-state index in [0.717, 1.165) is 79.7 Å². The number of nitrogens with zero attached hydrogens (tertiary/aromatic N) is 9. The molecule has 0 spiro atoms. The Balaban J connectivity index is 1.19. The van der Waals surface area contributed by atoms with Gasteiger partial charge in [0, 0.05) is 91.5 Å². The smallest absolute Gasteiger partial charge is 0.244 e. The van der Waals surface area contributed by atoms with Gasteiger partial charge in [0.05, 0.1) is 25.3 Å². The van der Waals surface area contributed by atoms with E-state index in [1.54, 1.807) is 24.5 Å². The first-order chi connectivity index (χ1) is 25.6. The van der Waals surface area contributed by atoms with Crippen LogP contribution in [0.15, 0.2) is 86.0 Å². The topological polar surface area (TPSA) is 118 Å². The molecule has 7 rings (SSSR count). The fraction of sp³-hybridized carbons (Fsp3) is 0.385. The molecule has 12 nitrogen and oxygen atoms in total. The van der Waals surface area contributed by atoms with Gasteiger partial charge in [-0.2, -0.15) is 4.39 Å². The van der Waals surface area contributed by atoms with E-state index in [1.165, 1.54) is 0 Å². The van der Waals surface area contributed by atoms with Crippen molar-refractivity contribution >= 4 is 11.9 Å². The van der Waals surface area contributed by atoms with Gasteiger partial charge in [0.1, 0.15) is 0 Å². The molecule has 1 N–H and O–H groups in total. The largest absolute Gasteiger partial charge is 0.491 e. The van der Waals surface area contributed by atoms with E-state index in [1.807, 2.05) is 75.3 Å². The van der Waals surface area contributed by atoms with E-state index in [0.29, 0.717) is 31.7 Å². The summed E-state index contributed by atoms with van der Waals surface area (Å²) in [5.74, 6) is 1.21. The highest BCUT2D eigenvalue weighted by atomic mass is 19.1. The summed E-state index contributed by atoms with van der Waals surface area (Å²) in [6, 6.07) is 11.6. The number of rotatable bonds is 13.